The van der Waals surface area contributed by atoms with Crippen LogP contribution in [0.1, 0.15) is 0 Å². The summed E-state index contributed by atoms with van der Waals surface area (Å²) in [5, 5.41) is 11.1. The molecule has 0 aliphatic heterocycles. The van der Waals surface area contributed by atoms with Gasteiger partial charge >= 0.3 is 0 Å². The summed E-state index contributed by atoms with van der Waals surface area (Å²) in [5.41, 5.74) is 3.55. The zero-order valence-corrected chi connectivity index (χ0v) is 10.1. The van der Waals surface area contributed by atoms with Gasteiger partial charge in [-0.2, -0.15) is 0 Å². The molecule has 0 saturated heterocycles. The van der Waals surface area contributed by atoms with E-state index in [1.54, 1.807) is 12.3 Å². The van der Waals surface area contributed by atoms with Gasteiger partial charge in [0.2, 0.25) is 0 Å². The third-order valence-electron chi connectivity index (χ3n) is 2.68. The first-order valence-corrected chi connectivity index (χ1v) is 5.86. The number of aromatic nitrogens is 3. The molecule has 0 aliphatic carbocycles. The first-order valence-electron chi connectivity index (χ1n) is 5.48. The summed E-state index contributed by atoms with van der Waals surface area (Å²) in [6.45, 7) is 0. The molecule has 0 bridgehead atoms. The first kappa shape index (κ1) is 11.0. The Bertz CT molecular complexity index is 648. The third kappa shape index (κ3) is 1.89. The molecular formula is C14H9ClN3. The SMILES string of the molecule is Clc1cc[c]c(-c2c[nH]nn2)c1-c1ccccc1. The number of H-pyrrole nitrogens is 1. The summed E-state index contributed by atoms with van der Waals surface area (Å²) in [4.78, 5) is 0. The first-order chi connectivity index (χ1) is 8.86. The molecule has 0 fully saturated rings. The average molecular weight is 255 g/mol. The van der Waals surface area contributed by atoms with E-state index < -0.39 is 0 Å². The molecule has 0 spiro atoms. The van der Waals surface area contributed by atoms with Gasteiger partial charge < -0.3 is 0 Å². The normalized spacial score (nSPS) is 10.5. The smallest absolute Gasteiger partial charge is 0.114 e. The van der Waals surface area contributed by atoms with Gasteiger partial charge in [0.15, 0.2) is 0 Å². The molecular weight excluding hydrogens is 246 g/mol. The number of nitrogens with zero attached hydrogens (tertiary/aromatic N) is 2. The van der Waals surface area contributed by atoms with Crippen LogP contribution >= 0.6 is 11.6 Å². The van der Waals surface area contributed by atoms with E-state index in [1.807, 2.05) is 36.4 Å². The number of rotatable bonds is 2. The van der Waals surface area contributed by atoms with Crippen LogP contribution in [0.15, 0.2) is 48.7 Å². The largest absolute Gasteiger partial charge is 0.265 e. The van der Waals surface area contributed by atoms with Crippen LogP contribution < -0.4 is 0 Å². The average Bonchev–Trinajstić information content (AvgIpc) is 2.93. The predicted octanol–water partition coefficient (Wildman–Crippen LogP) is 3.59. The van der Waals surface area contributed by atoms with E-state index in [2.05, 4.69) is 21.5 Å². The van der Waals surface area contributed by atoms with Crippen LogP contribution in [0, 0.1) is 6.07 Å². The summed E-state index contributed by atoms with van der Waals surface area (Å²) in [7, 11) is 0. The van der Waals surface area contributed by atoms with Gasteiger partial charge in [0.05, 0.1) is 6.20 Å². The molecule has 0 atom stereocenters. The predicted molar refractivity (Wildman–Crippen MR) is 71.1 cm³/mol. The van der Waals surface area contributed by atoms with E-state index in [1.165, 1.54) is 0 Å². The van der Waals surface area contributed by atoms with E-state index in [0.29, 0.717) is 5.02 Å². The van der Waals surface area contributed by atoms with E-state index in [9.17, 15) is 0 Å². The van der Waals surface area contributed by atoms with Crippen molar-refractivity contribution in [3.8, 4) is 22.4 Å². The van der Waals surface area contributed by atoms with Crippen molar-refractivity contribution in [2.45, 2.75) is 0 Å². The van der Waals surface area contributed by atoms with Crippen molar-refractivity contribution >= 4 is 11.6 Å². The lowest BCUT2D eigenvalue weighted by molar-refractivity contribution is 0.942. The molecule has 2 aromatic carbocycles. The van der Waals surface area contributed by atoms with Crippen molar-refractivity contribution in [2.75, 3.05) is 0 Å². The minimum absolute atomic E-state index is 0.679. The Kier molecular flexibility index (Phi) is 2.82. The van der Waals surface area contributed by atoms with Crippen LogP contribution in [-0.2, 0) is 0 Å². The fraction of sp³-hybridized carbons (Fsp3) is 0. The highest BCUT2D eigenvalue weighted by Gasteiger charge is 2.12. The molecule has 0 aliphatic rings. The van der Waals surface area contributed by atoms with E-state index in [0.717, 1.165) is 22.4 Å². The molecule has 0 saturated carbocycles. The van der Waals surface area contributed by atoms with Crippen molar-refractivity contribution in [1.82, 2.24) is 15.4 Å². The molecule has 1 N–H and O–H groups in total. The lowest BCUT2D eigenvalue weighted by Crippen LogP contribution is -1.87. The number of aromatic amines is 1. The Morgan fingerprint density at radius 2 is 1.94 bits per heavy atom. The lowest BCUT2D eigenvalue weighted by atomic mass is 9.98. The van der Waals surface area contributed by atoms with Gasteiger partial charge in [-0.15, -0.1) is 5.10 Å². The number of benzene rings is 2. The van der Waals surface area contributed by atoms with Crippen LogP contribution in [0.25, 0.3) is 22.4 Å². The van der Waals surface area contributed by atoms with Gasteiger partial charge in [-0.25, -0.2) is 0 Å². The number of nitrogens with one attached hydrogen (secondary N) is 1. The highest BCUT2D eigenvalue weighted by Crippen LogP contribution is 2.35. The molecule has 3 aromatic rings. The van der Waals surface area contributed by atoms with Crippen molar-refractivity contribution in [3.05, 3.63) is 59.8 Å². The Morgan fingerprint density at radius 3 is 2.67 bits per heavy atom. The molecule has 3 rings (SSSR count). The summed E-state index contributed by atoms with van der Waals surface area (Å²) in [6.07, 6.45) is 1.73. The van der Waals surface area contributed by atoms with Crippen molar-refractivity contribution < 1.29 is 0 Å². The molecule has 0 amide bonds. The van der Waals surface area contributed by atoms with Crippen LogP contribution in [0.4, 0.5) is 0 Å². The van der Waals surface area contributed by atoms with Crippen LogP contribution in [0.3, 0.4) is 0 Å². The van der Waals surface area contributed by atoms with Gasteiger partial charge in [-0.1, -0.05) is 53.2 Å². The highest BCUT2D eigenvalue weighted by molar-refractivity contribution is 6.34. The van der Waals surface area contributed by atoms with Gasteiger partial charge in [-0.3, -0.25) is 5.10 Å². The Labute approximate surface area is 109 Å². The fourth-order valence-corrected chi connectivity index (χ4v) is 2.15. The number of halogens is 1. The zero-order valence-electron chi connectivity index (χ0n) is 9.39. The lowest BCUT2D eigenvalue weighted by Gasteiger charge is -2.09. The number of hydrogen-bond donors (Lipinski definition) is 1. The quantitative estimate of drug-likeness (QED) is 0.759. The summed E-state index contributed by atoms with van der Waals surface area (Å²) in [5.74, 6) is 0. The van der Waals surface area contributed by atoms with Gasteiger partial charge in [-0.05, 0) is 17.7 Å². The van der Waals surface area contributed by atoms with Crippen molar-refractivity contribution in [3.63, 3.8) is 0 Å². The second kappa shape index (κ2) is 4.63. The third-order valence-corrected chi connectivity index (χ3v) is 3.00. The molecule has 87 valence electrons. The van der Waals surface area contributed by atoms with E-state index in [4.69, 9.17) is 11.6 Å². The molecule has 1 radical (unpaired) electrons. The highest BCUT2D eigenvalue weighted by atomic mass is 35.5. The maximum atomic E-state index is 6.30. The summed E-state index contributed by atoms with van der Waals surface area (Å²) < 4.78 is 0. The molecule has 4 heteroatoms. The minimum atomic E-state index is 0.679. The van der Waals surface area contributed by atoms with E-state index in [-0.39, 0.29) is 0 Å². The van der Waals surface area contributed by atoms with Crippen LogP contribution in [-0.4, -0.2) is 15.4 Å². The Balaban J connectivity index is 2.25. The zero-order chi connectivity index (χ0) is 12.4. The van der Waals surface area contributed by atoms with Crippen LogP contribution in [0.2, 0.25) is 5.02 Å². The van der Waals surface area contributed by atoms with Crippen molar-refractivity contribution in [2.24, 2.45) is 0 Å². The minimum Gasteiger partial charge on any atom is -0.265 e. The molecule has 0 unspecified atom stereocenters. The monoisotopic (exact) mass is 254 g/mol. The second-order valence-electron chi connectivity index (χ2n) is 3.80. The Morgan fingerprint density at radius 1 is 1.11 bits per heavy atom. The van der Waals surface area contributed by atoms with Crippen LogP contribution in [0.5, 0.6) is 0 Å². The summed E-state index contributed by atoms with van der Waals surface area (Å²) in [6, 6.07) is 16.7. The topological polar surface area (TPSA) is 41.6 Å². The summed E-state index contributed by atoms with van der Waals surface area (Å²) >= 11 is 6.30. The molecule has 3 nitrogen and oxygen atoms in total. The molecule has 1 heterocycles. The van der Waals surface area contributed by atoms with Crippen molar-refractivity contribution in [1.29, 1.82) is 0 Å². The number of hydrogen-bond acceptors (Lipinski definition) is 2. The molecule has 1 aromatic heterocycles. The maximum absolute atomic E-state index is 6.30. The van der Waals surface area contributed by atoms with Gasteiger partial charge in [0.25, 0.3) is 0 Å². The van der Waals surface area contributed by atoms with Gasteiger partial charge in [0.1, 0.15) is 5.69 Å². The molecule has 18 heavy (non-hydrogen) atoms. The maximum Gasteiger partial charge on any atom is 0.114 e. The Hall–Kier alpha value is -2.13. The second-order valence-corrected chi connectivity index (χ2v) is 4.21. The van der Waals surface area contributed by atoms with Gasteiger partial charge in [0, 0.05) is 16.1 Å². The van der Waals surface area contributed by atoms with E-state index >= 15 is 0 Å². The standard InChI is InChI=1S/C14H9ClN3/c15-12-8-4-7-11(13-9-16-18-17-13)14(12)10-5-2-1-3-6-10/h1-6,8-9H,(H,16,17,18). The fourth-order valence-electron chi connectivity index (χ4n) is 1.89.